The Bertz CT molecular complexity index is 169. The average Bonchev–Trinajstić information content (AvgIpc) is 2.84. The van der Waals surface area contributed by atoms with Gasteiger partial charge in [-0.15, -0.1) is 0 Å². The van der Waals surface area contributed by atoms with Crippen LogP contribution in [-0.2, 0) is 0 Å². The lowest BCUT2D eigenvalue weighted by molar-refractivity contribution is 0.204. The van der Waals surface area contributed by atoms with E-state index in [0.717, 1.165) is 5.92 Å². The third kappa shape index (κ3) is 2.05. The minimum Gasteiger partial charge on any atom is -0.271 e. The van der Waals surface area contributed by atoms with Gasteiger partial charge in [0.15, 0.2) is 0 Å². The van der Waals surface area contributed by atoms with Crippen molar-refractivity contribution in [3.63, 3.8) is 0 Å². The first-order valence-corrected chi connectivity index (χ1v) is 5.71. The van der Waals surface area contributed by atoms with Crippen molar-refractivity contribution in [2.24, 2.45) is 17.2 Å². The number of nitrogens with one attached hydrogen (secondary N) is 1. The van der Waals surface area contributed by atoms with Crippen LogP contribution in [-0.4, -0.2) is 6.04 Å². The van der Waals surface area contributed by atoms with Gasteiger partial charge in [0, 0.05) is 6.04 Å². The van der Waals surface area contributed by atoms with Crippen molar-refractivity contribution >= 4 is 0 Å². The van der Waals surface area contributed by atoms with Gasteiger partial charge in [-0.1, -0.05) is 32.6 Å². The largest absolute Gasteiger partial charge is 0.271 e. The van der Waals surface area contributed by atoms with Crippen molar-refractivity contribution in [2.45, 2.75) is 57.9 Å². The lowest BCUT2D eigenvalue weighted by atomic mass is 9.78. The number of rotatable bonds is 4. The van der Waals surface area contributed by atoms with Gasteiger partial charge in [-0.05, 0) is 30.6 Å². The molecule has 2 aliphatic carbocycles. The van der Waals surface area contributed by atoms with Crippen LogP contribution in [0.2, 0.25) is 0 Å². The molecule has 13 heavy (non-hydrogen) atoms. The minimum absolute atomic E-state index is 0.497. The third-order valence-corrected chi connectivity index (χ3v) is 4.05. The van der Waals surface area contributed by atoms with E-state index in [0.29, 0.717) is 11.5 Å². The number of nitrogens with two attached hydrogens (primary N) is 1. The van der Waals surface area contributed by atoms with Gasteiger partial charge >= 0.3 is 0 Å². The first-order valence-electron chi connectivity index (χ1n) is 5.71. The van der Waals surface area contributed by atoms with E-state index in [1.807, 2.05) is 0 Å². The van der Waals surface area contributed by atoms with Crippen LogP contribution in [0.1, 0.15) is 51.9 Å². The second-order valence-electron chi connectivity index (χ2n) is 5.26. The molecule has 76 valence electrons. The summed E-state index contributed by atoms with van der Waals surface area (Å²) in [6.45, 7) is 2.41. The molecule has 0 radical (unpaired) electrons. The standard InChI is InChI=1S/C11H22N2/c1-11(6-2-3-7-11)10(13-12)8-9-4-5-9/h9-10,13H,2-8,12H2,1H3. The summed E-state index contributed by atoms with van der Waals surface area (Å²) in [5.41, 5.74) is 3.55. The minimum atomic E-state index is 0.497. The molecule has 2 nitrogen and oxygen atoms in total. The summed E-state index contributed by atoms with van der Waals surface area (Å²) in [7, 11) is 0. The van der Waals surface area contributed by atoms with E-state index >= 15 is 0 Å². The Morgan fingerprint density at radius 1 is 1.38 bits per heavy atom. The molecule has 2 fully saturated rings. The van der Waals surface area contributed by atoms with Crippen molar-refractivity contribution in [1.29, 1.82) is 0 Å². The molecule has 0 aromatic rings. The Labute approximate surface area is 81.2 Å². The average molecular weight is 182 g/mol. The molecular formula is C11H22N2. The van der Waals surface area contributed by atoms with E-state index in [4.69, 9.17) is 5.84 Å². The predicted octanol–water partition coefficient (Wildman–Crippen LogP) is 2.20. The summed E-state index contributed by atoms with van der Waals surface area (Å²) in [4.78, 5) is 0. The lowest BCUT2D eigenvalue weighted by Gasteiger charge is -2.33. The maximum atomic E-state index is 5.66. The molecule has 0 saturated heterocycles. The first-order chi connectivity index (χ1) is 6.24. The van der Waals surface area contributed by atoms with Crippen LogP contribution < -0.4 is 11.3 Å². The first kappa shape index (κ1) is 9.47. The van der Waals surface area contributed by atoms with Crippen LogP contribution in [0.5, 0.6) is 0 Å². The maximum Gasteiger partial charge on any atom is 0.0266 e. The zero-order valence-corrected chi connectivity index (χ0v) is 8.68. The van der Waals surface area contributed by atoms with Gasteiger partial charge in [-0.25, -0.2) is 0 Å². The number of hydrogen-bond donors (Lipinski definition) is 2. The summed E-state index contributed by atoms with van der Waals surface area (Å²) >= 11 is 0. The molecule has 0 heterocycles. The molecule has 1 unspecified atom stereocenters. The van der Waals surface area contributed by atoms with Gasteiger partial charge in [-0.2, -0.15) is 0 Å². The van der Waals surface area contributed by atoms with Crippen LogP contribution in [0.4, 0.5) is 0 Å². The van der Waals surface area contributed by atoms with Crippen molar-refractivity contribution in [1.82, 2.24) is 5.43 Å². The molecule has 2 rings (SSSR count). The SMILES string of the molecule is CC1(C(CC2CC2)NN)CCCC1. The van der Waals surface area contributed by atoms with Gasteiger partial charge in [0.05, 0.1) is 0 Å². The summed E-state index contributed by atoms with van der Waals surface area (Å²) in [6, 6.07) is 0.572. The Balaban J connectivity index is 1.92. The molecule has 0 aliphatic heterocycles. The highest BCUT2D eigenvalue weighted by molar-refractivity contribution is 4.93. The van der Waals surface area contributed by atoms with Crippen molar-refractivity contribution in [2.75, 3.05) is 0 Å². The molecule has 0 spiro atoms. The summed E-state index contributed by atoms with van der Waals surface area (Å²) < 4.78 is 0. The van der Waals surface area contributed by atoms with E-state index < -0.39 is 0 Å². The highest BCUT2D eigenvalue weighted by Crippen LogP contribution is 2.45. The fraction of sp³-hybridized carbons (Fsp3) is 1.00. The second-order valence-corrected chi connectivity index (χ2v) is 5.26. The fourth-order valence-corrected chi connectivity index (χ4v) is 2.77. The molecule has 2 saturated carbocycles. The van der Waals surface area contributed by atoms with Gasteiger partial charge < -0.3 is 0 Å². The van der Waals surface area contributed by atoms with Crippen LogP contribution in [0, 0.1) is 11.3 Å². The fourth-order valence-electron chi connectivity index (χ4n) is 2.77. The smallest absolute Gasteiger partial charge is 0.0266 e. The van der Waals surface area contributed by atoms with Gasteiger partial charge in [0.25, 0.3) is 0 Å². The Hall–Kier alpha value is -0.0800. The molecule has 0 aromatic heterocycles. The van der Waals surface area contributed by atoms with Crippen LogP contribution >= 0.6 is 0 Å². The lowest BCUT2D eigenvalue weighted by Crippen LogP contribution is -2.46. The van der Waals surface area contributed by atoms with E-state index in [1.54, 1.807) is 0 Å². The van der Waals surface area contributed by atoms with E-state index in [2.05, 4.69) is 12.3 Å². The molecule has 2 aliphatic rings. The van der Waals surface area contributed by atoms with Gasteiger partial charge in [0.2, 0.25) is 0 Å². The molecule has 0 aromatic carbocycles. The monoisotopic (exact) mass is 182 g/mol. The third-order valence-electron chi connectivity index (χ3n) is 4.05. The second kappa shape index (κ2) is 3.58. The van der Waals surface area contributed by atoms with Gasteiger partial charge in [0.1, 0.15) is 0 Å². The normalized spacial score (nSPS) is 29.1. The highest BCUT2D eigenvalue weighted by atomic mass is 15.2. The van der Waals surface area contributed by atoms with Crippen molar-refractivity contribution in [3.05, 3.63) is 0 Å². The van der Waals surface area contributed by atoms with Gasteiger partial charge in [-0.3, -0.25) is 11.3 Å². The molecule has 1 atom stereocenters. The Morgan fingerprint density at radius 2 is 2.00 bits per heavy atom. The van der Waals surface area contributed by atoms with Crippen LogP contribution in [0.15, 0.2) is 0 Å². The van der Waals surface area contributed by atoms with Crippen LogP contribution in [0.25, 0.3) is 0 Å². The maximum absolute atomic E-state index is 5.66. The number of hydrazine groups is 1. The molecular weight excluding hydrogens is 160 g/mol. The van der Waals surface area contributed by atoms with Crippen molar-refractivity contribution < 1.29 is 0 Å². The molecule has 0 bridgehead atoms. The summed E-state index contributed by atoms with van der Waals surface area (Å²) in [6.07, 6.45) is 9.73. The number of hydrogen-bond acceptors (Lipinski definition) is 2. The zero-order chi connectivity index (χ0) is 9.31. The van der Waals surface area contributed by atoms with Crippen molar-refractivity contribution in [3.8, 4) is 0 Å². The summed E-state index contributed by atoms with van der Waals surface area (Å²) in [5.74, 6) is 6.65. The molecule has 0 amide bonds. The zero-order valence-electron chi connectivity index (χ0n) is 8.68. The van der Waals surface area contributed by atoms with Crippen LogP contribution in [0.3, 0.4) is 0 Å². The topological polar surface area (TPSA) is 38.0 Å². The predicted molar refractivity (Wildman–Crippen MR) is 55.0 cm³/mol. The van der Waals surface area contributed by atoms with E-state index in [1.165, 1.54) is 44.9 Å². The Morgan fingerprint density at radius 3 is 2.46 bits per heavy atom. The van der Waals surface area contributed by atoms with E-state index in [-0.39, 0.29) is 0 Å². The molecule has 2 heteroatoms. The molecule has 3 N–H and O–H groups in total. The quantitative estimate of drug-likeness (QED) is 0.516. The highest BCUT2D eigenvalue weighted by Gasteiger charge is 2.39. The Kier molecular flexibility index (Phi) is 2.61. The van der Waals surface area contributed by atoms with E-state index in [9.17, 15) is 0 Å². The summed E-state index contributed by atoms with van der Waals surface area (Å²) in [5, 5.41) is 0.